The van der Waals surface area contributed by atoms with E-state index in [1.807, 2.05) is 0 Å². The molecule has 0 aliphatic heterocycles. The molecule has 0 bridgehead atoms. The second kappa shape index (κ2) is 5.49. The number of amides is 1. The lowest BCUT2D eigenvalue weighted by Crippen LogP contribution is -2.13. The van der Waals surface area contributed by atoms with Crippen LogP contribution in [0.15, 0.2) is 42.6 Å². The molecule has 19 heavy (non-hydrogen) atoms. The van der Waals surface area contributed by atoms with Crippen LogP contribution in [0.5, 0.6) is 0 Å². The number of carboxylic acids is 1. The van der Waals surface area contributed by atoms with Crippen LogP contribution < -0.4 is 5.32 Å². The third-order valence-electron chi connectivity index (χ3n) is 2.36. The van der Waals surface area contributed by atoms with Crippen molar-refractivity contribution in [2.75, 3.05) is 5.32 Å². The molecule has 1 amide bonds. The van der Waals surface area contributed by atoms with Gasteiger partial charge >= 0.3 is 5.97 Å². The van der Waals surface area contributed by atoms with E-state index in [1.165, 1.54) is 18.3 Å². The zero-order chi connectivity index (χ0) is 13.8. The van der Waals surface area contributed by atoms with Gasteiger partial charge in [0.1, 0.15) is 5.69 Å². The predicted molar refractivity (Wildman–Crippen MR) is 70.6 cm³/mol. The maximum atomic E-state index is 12.0. The first-order chi connectivity index (χ1) is 9.08. The molecule has 0 radical (unpaired) electrons. The number of nitrogens with zero attached hydrogens (tertiary/aromatic N) is 1. The van der Waals surface area contributed by atoms with Gasteiger partial charge in [-0.25, -0.2) is 9.78 Å². The normalized spacial score (nSPS) is 9.95. The summed E-state index contributed by atoms with van der Waals surface area (Å²) in [6.07, 6.45) is 1.31. The fourth-order valence-electron chi connectivity index (χ4n) is 1.47. The summed E-state index contributed by atoms with van der Waals surface area (Å²) in [6, 6.07) is 9.37. The molecular weight excluding hydrogens is 268 g/mol. The maximum absolute atomic E-state index is 12.0. The standard InChI is InChI=1S/C13H9ClN2O3/c14-10-4-2-1-3-9(10)12(17)16-8-5-6-15-11(7-8)13(18)19/h1-7H,(H,18,19)(H,15,16,17). The number of nitrogens with one attached hydrogen (secondary N) is 1. The van der Waals surface area contributed by atoms with Crippen molar-refractivity contribution in [2.45, 2.75) is 0 Å². The fourth-order valence-corrected chi connectivity index (χ4v) is 1.69. The van der Waals surface area contributed by atoms with Gasteiger partial charge < -0.3 is 10.4 Å². The minimum Gasteiger partial charge on any atom is -0.477 e. The highest BCUT2D eigenvalue weighted by Crippen LogP contribution is 2.17. The first-order valence-electron chi connectivity index (χ1n) is 5.33. The van der Waals surface area contributed by atoms with E-state index in [0.29, 0.717) is 16.3 Å². The molecule has 1 aromatic heterocycles. The predicted octanol–water partition coefficient (Wildman–Crippen LogP) is 2.69. The number of halogens is 1. The number of carbonyl (C=O) groups is 2. The van der Waals surface area contributed by atoms with Gasteiger partial charge in [-0.2, -0.15) is 0 Å². The van der Waals surface area contributed by atoms with Crippen LogP contribution in [0.2, 0.25) is 5.02 Å². The third kappa shape index (κ3) is 3.08. The van der Waals surface area contributed by atoms with Gasteiger partial charge in [0.25, 0.3) is 5.91 Å². The van der Waals surface area contributed by atoms with Crippen molar-refractivity contribution in [1.82, 2.24) is 4.98 Å². The summed E-state index contributed by atoms with van der Waals surface area (Å²) < 4.78 is 0. The molecule has 1 aromatic carbocycles. The Morgan fingerprint density at radius 2 is 1.95 bits per heavy atom. The number of aromatic nitrogens is 1. The minimum absolute atomic E-state index is 0.142. The highest BCUT2D eigenvalue weighted by Gasteiger charge is 2.11. The van der Waals surface area contributed by atoms with E-state index in [4.69, 9.17) is 16.7 Å². The number of rotatable bonds is 3. The fraction of sp³-hybridized carbons (Fsp3) is 0. The lowest BCUT2D eigenvalue weighted by atomic mass is 10.2. The summed E-state index contributed by atoms with van der Waals surface area (Å²) >= 11 is 5.90. The van der Waals surface area contributed by atoms with E-state index in [1.54, 1.807) is 24.3 Å². The van der Waals surface area contributed by atoms with E-state index in [2.05, 4.69) is 10.3 Å². The highest BCUT2D eigenvalue weighted by atomic mass is 35.5. The van der Waals surface area contributed by atoms with Gasteiger partial charge in [-0.1, -0.05) is 23.7 Å². The Bertz CT molecular complexity index is 643. The molecular formula is C13H9ClN2O3. The van der Waals surface area contributed by atoms with E-state index in [0.717, 1.165) is 0 Å². The number of anilines is 1. The Hall–Kier alpha value is -2.40. The summed E-state index contributed by atoms with van der Waals surface area (Å²) in [4.78, 5) is 26.4. The molecule has 2 rings (SSSR count). The van der Waals surface area contributed by atoms with Gasteiger partial charge in [-0.05, 0) is 24.3 Å². The monoisotopic (exact) mass is 276 g/mol. The number of hydrogen-bond acceptors (Lipinski definition) is 3. The molecule has 5 nitrogen and oxygen atoms in total. The summed E-state index contributed by atoms with van der Waals surface area (Å²) in [7, 11) is 0. The van der Waals surface area contributed by atoms with Gasteiger partial charge in [0.2, 0.25) is 0 Å². The molecule has 2 N–H and O–H groups in total. The molecule has 0 saturated carbocycles. The Morgan fingerprint density at radius 3 is 2.63 bits per heavy atom. The number of hydrogen-bond donors (Lipinski definition) is 2. The zero-order valence-corrected chi connectivity index (χ0v) is 10.4. The molecule has 0 aliphatic rings. The largest absolute Gasteiger partial charge is 0.477 e. The molecule has 0 aliphatic carbocycles. The minimum atomic E-state index is -1.16. The van der Waals surface area contributed by atoms with Crippen molar-refractivity contribution in [1.29, 1.82) is 0 Å². The van der Waals surface area contributed by atoms with Crippen LogP contribution in [-0.2, 0) is 0 Å². The lowest BCUT2D eigenvalue weighted by molar-refractivity contribution is 0.0690. The smallest absolute Gasteiger partial charge is 0.354 e. The second-order valence-electron chi connectivity index (χ2n) is 3.67. The maximum Gasteiger partial charge on any atom is 0.354 e. The molecule has 0 unspecified atom stereocenters. The van der Waals surface area contributed by atoms with Crippen LogP contribution in [0.4, 0.5) is 5.69 Å². The van der Waals surface area contributed by atoms with Crippen LogP contribution in [0.3, 0.4) is 0 Å². The third-order valence-corrected chi connectivity index (χ3v) is 2.68. The Morgan fingerprint density at radius 1 is 1.21 bits per heavy atom. The summed E-state index contributed by atoms with van der Waals surface area (Å²) in [5.41, 5.74) is 0.520. The van der Waals surface area contributed by atoms with Crippen LogP contribution in [0.25, 0.3) is 0 Å². The summed E-state index contributed by atoms with van der Waals surface area (Å²) in [5, 5.41) is 11.7. The van der Waals surface area contributed by atoms with Crippen LogP contribution in [0, 0.1) is 0 Å². The van der Waals surface area contributed by atoms with Crippen LogP contribution in [-0.4, -0.2) is 22.0 Å². The second-order valence-corrected chi connectivity index (χ2v) is 4.08. The molecule has 1 heterocycles. The van der Waals surface area contributed by atoms with Gasteiger partial charge in [0, 0.05) is 11.9 Å². The van der Waals surface area contributed by atoms with Crippen molar-refractivity contribution in [3.05, 3.63) is 58.9 Å². The van der Waals surface area contributed by atoms with Gasteiger partial charge in [0.15, 0.2) is 0 Å². The topological polar surface area (TPSA) is 79.3 Å². The highest BCUT2D eigenvalue weighted by molar-refractivity contribution is 6.34. The summed E-state index contributed by atoms with van der Waals surface area (Å²) in [6.45, 7) is 0. The number of aromatic carboxylic acids is 1. The first kappa shape index (κ1) is 13.0. The number of benzene rings is 1. The van der Waals surface area contributed by atoms with Gasteiger partial charge in [-0.3, -0.25) is 4.79 Å². The molecule has 6 heteroatoms. The average molecular weight is 277 g/mol. The van der Waals surface area contributed by atoms with Crippen molar-refractivity contribution >= 4 is 29.2 Å². The molecule has 0 fully saturated rings. The number of pyridine rings is 1. The van der Waals surface area contributed by atoms with E-state index in [9.17, 15) is 9.59 Å². The van der Waals surface area contributed by atoms with Gasteiger partial charge in [-0.15, -0.1) is 0 Å². The molecule has 96 valence electrons. The number of carbonyl (C=O) groups excluding carboxylic acids is 1. The quantitative estimate of drug-likeness (QED) is 0.903. The van der Waals surface area contributed by atoms with Crippen molar-refractivity contribution in [2.24, 2.45) is 0 Å². The molecule has 0 atom stereocenters. The molecule has 0 spiro atoms. The van der Waals surface area contributed by atoms with Crippen molar-refractivity contribution in [3.8, 4) is 0 Å². The summed E-state index contributed by atoms with van der Waals surface area (Å²) in [5.74, 6) is -1.57. The van der Waals surface area contributed by atoms with Crippen LogP contribution in [0.1, 0.15) is 20.8 Å². The van der Waals surface area contributed by atoms with E-state index in [-0.39, 0.29) is 5.69 Å². The van der Waals surface area contributed by atoms with Gasteiger partial charge in [0.05, 0.1) is 10.6 Å². The molecule has 2 aromatic rings. The Kier molecular flexibility index (Phi) is 3.77. The lowest BCUT2D eigenvalue weighted by Gasteiger charge is -2.06. The average Bonchev–Trinajstić information content (AvgIpc) is 2.39. The van der Waals surface area contributed by atoms with Crippen molar-refractivity contribution in [3.63, 3.8) is 0 Å². The van der Waals surface area contributed by atoms with Crippen LogP contribution >= 0.6 is 11.6 Å². The molecule has 0 saturated heterocycles. The Labute approximate surface area is 113 Å². The first-order valence-corrected chi connectivity index (χ1v) is 5.71. The SMILES string of the molecule is O=C(O)c1cc(NC(=O)c2ccccc2Cl)ccn1. The number of carboxylic acid groups (broad SMARTS) is 1. The van der Waals surface area contributed by atoms with E-state index >= 15 is 0 Å². The van der Waals surface area contributed by atoms with Crippen molar-refractivity contribution < 1.29 is 14.7 Å². The van der Waals surface area contributed by atoms with E-state index < -0.39 is 11.9 Å². The Balaban J connectivity index is 2.22. The zero-order valence-electron chi connectivity index (χ0n) is 9.63.